The van der Waals surface area contributed by atoms with Crippen molar-refractivity contribution in [1.29, 1.82) is 0 Å². The fraction of sp³-hybridized carbons (Fsp3) is 0. The molecule has 0 spiro atoms. The minimum Gasteiger partial charge on any atom is -0.309 e. The lowest BCUT2D eigenvalue weighted by Gasteiger charge is -2.13. The molecule has 0 fully saturated rings. The molecule has 0 unspecified atom stereocenters. The molecule has 4 aromatic heterocycles. The number of benzene rings is 5. The highest BCUT2D eigenvalue weighted by Gasteiger charge is 2.17. The van der Waals surface area contributed by atoms with E-state index < -0.39 is 0 Å². The highest BCUT2D eigenvalue weighted by molar-refractivity contribution is 6.14. The lowest BCUT2D eigenvalue weighted by atomic mass is 9.96. The Bertz CT molecular complexity index is 2550. The molecule has 4 heterocycles. The average molecular weight is 601 g/mol. The van der Waals surface area contributed by atoms with Gasteiger partial charge in [0.1, 0.15) is 0 Å². The molecule has 4 heteroatoms. The first-order valence-electron chi connectivity index (χ1n) is 15.8. The highest BCUT2D eigenvalue weighted by atomic mass is 15.0. The summed E-state index contributed by atoms with van der Waals surface area (Å²) >= 11 is 0. The van der Waals surface area contributed by atoms with Crippen LogP contribution in [-0.2, 0) is 0 Å². The van der Waals surface area contributed by atoms with E-state index in [-0.39, 0.29) is 0 Å². The van der Waals surface area contributed by atoms with Gasteiger partial charge in [-0.3, -0.25) is 9.97 Å². The molecule has 0 atom stereocenters. The van der Waals surface area contributed by atoms with Gasteiger partial charge in [-0.2, -0.15) is 0 Å². The Morgan fingerprint density at radius 3 is 2.02 bits per heavy atom. The SMILES string of the molecule is c1ccc(-c2nccc3c2c2ccccc2n3-c2ccc(-c3cc(-c4cccc5ccccc45)cc(-c4ccccn4)n3)cc2)cc1. The molecule has 0 aliphatic heterocycles. The Morgan fingerprint density at radius 2 is 1.17 bits per heavy atom. The standard InChI is InChI=1S/C43H28N4/c1-2-12-31(13-3-1)43-42-36-16-6-7-19-40(36)47(41(42)24-26-45-43)33-22-20-30(21-23-33)38-27-32(28-39(46-38)37-18-8-9-25-44-37)35-17-10-14-29-11-4-5-15-34(29)35/h1-28H. The van der Waals surface area contributed by atoms with Crippen molar-refractivity contribution in [3.8, 4) is 50.7 Å². The van der Waals surface area contributed by atoms with Gasteiger partial charge in [0, 0.05) is 40.0 Å². The Hall–Kier alpha value is -6.39. The Balaban J connectivity index is 1.20. The number of hydrogen-bond donors (Lipinski definition) is 0. The van der Waals surface area contributed by atoms with E-state index >= 15 is 0 Å². The van der Waals surface area contributed by atoms with Gasteiger partial charge in [0.25, 0.3) is 0 Å². The Kier molecular flexibility index (Phi) is 6.43. The summed E-state index contributed by atoms with van der Waals surface area (Å²) < 4.78 is 2.34. The maximum Gasteiger partial charge on any atom is 0.0899 e. The van der Waals surface area contributed by atoms with Crippen LogP contribution in [0.1, 0.15) is 0 Å². The van der Waals surface area contributed by atoms with E-state index in [4.69, 9.17) is 9.97 Å². The van der Waals surface area contributed by atoms with E-state index in [0.717, 1.165) is 61.6 Å². The minimum atomic E-state index is 0.846. The van der Waals surface area contributed by atoms with Gasteiger partial charge in [-0.25, -0.2) is 4.98 Å². The topological polar surface area (TPSA) is 43.6 Å². The number of pyridine rings is 3. The van der Waals surface area contributed by atoms with Crippen molar-refractivity contribution >= 4 is 32.6 Å². The summed E-state index contributed by atoms with van der Waals surface area (Å²) in [6.07, 6.45) is 3.73. The van der Waals surface area contributed by atoms with E-state index in [0.29, 0.717) is 0 Å². The van der Waals surface area contributed by atoms with Gasteiger partial charge in [0.2, 0.25) is 0 Å². The molecule has 5 aromatic carbocycles. The number of fused-ring (bicyclic) bond motifs is 4. The van der Waals surface area contributed by atoms with E-state index in [1.54, 1.807) is 0 Å². The van der Waals surface area contributed by atoms with Crippen molar-refractivity contribution in [3.05, 3.63) is 170 Å². The van der Waals surface area contributed by atoms with Crippen LogP contribution in [-0.4, -0.2) is 19.5 Å². The minimum absolute atomic E-state index is 0.846. The van der Waals surface area contributed by atoms with Crippen molar-refractivity contribution < 1.29 is 0 Å². The molecule has 9 aromatic rings. The van der Waals surface area contributed by atoms with E-state index in [2.05, 4.69) is 143 Å². The molecule has 47 heavy (non-hydrogen) atoms. The van der Waals surface area contributed by atoms with Crippen LogP contribution >= 0.6 is 0 Å². The number of aromatic nitrogens is 4. The van der Waals surface area contributed by atoms with Crippen molar-refractivity contribution in [2.24, 2.45) is 0 Å². The molecule has 0 saturated carbocycles. The van der Waals surface area contributed by atoms with Crippen LogP contribution in [0.15, 0.2) is 170 Å². The summed E-state index contributed by atoms with van der Waals surface area (Å²) in [6.45, 7) is 0. The Labute approximate surface area is 272 Å². The number of hydrogen-bond acceptors (Lipinski definition) is 3. The van der Waals surface area contributed by atoms with Gasteiger partial charge in [0.15, 0.2) is 0 Å². The molecule has 4 nitrogen and oxygen atoms in total. The molecule has 0 radical (unpaired) electrons. The third-order valence-electron chi connectivity index (χ3n) is 8.91. The zero-order valence-electron chi connectivity index (χ0n) is 25.5. The molecule has 0 bridgehead atoms. The zero-order chi connectivity index (χ0) is 31.2. The molecular weight excluding hydrogens is 573 g/mol. The molecule has 220 valence electrons. The van der Waals surface area contributed by atoms with Crippen LogP contribution in [0.2, 0.25) is 0 Å². The van der Waals surface area contributed by atoms with Gasteiger partial charge in [-0.1, -0.05) is 109 Å². The number of nitrogens with zero attached hydrogens (tertiary/aromatic N) is 4. The highest BCUT2D eigenvalue weighted by Crippen LogP contribution is 2.38. The smallest absolute Gasteiger partial charge is 0.0899 e. The van der Waals surface area contributed by atoms with Gasteiger partial charge in [-0.05, 0) is 70.4 Å². The van der Waals surface area contributed by atoms with Crippen LogP contribution in [0.4, 0.5) is 0 Å². The van der Waals surface area contributed by atoms with Gasteiger partial charge < -0.3 is 4.57 Å². The molecule has 0 amide bonds. The summed E-state index contributed by atoms with van der Waals surface area (Å²) in [5.41, 5.74) is 11.4. The van der Waals surface area contributed by atoms with Crippen LogP contribution in [0.3, 0.4) is 0 Å². The van der Waals surface area contributed by atoms with Crippen LogP contribution in [0.5, 0.6) is 0 Å². The number of rotatable bonds is 5. The largest absolute Gasteiger partial charge is 0.309 e. The van der Waals surface area contributed by atoms with E-state index in [1.165, 1.54) is 21.7 Å². The first kappa shape index (κ1) is 27.0. The first-order chi connectivity index (χ1) is 23.3. The lowest BCUT2D eigenvalue weighted by Crippen LogP contribution is -1.96. The third-order valence-corrected chi connectivity index (χ3v) is 8.91. The molecular formula is C43H28N4. The van der Waals surface area contributed by atoms with E-state index in [1.807, 2.05) is 36.7 Å². The first-order valence-corrected chi connectivity index (χ1v) is 15.8. The maximum atomic E-state index is 5.14. The van der Waals surface area contributed by atoms with Crippen LogP contribution < -0.4 is 0 Å². The predicted octanol–water partition coefficient (Wildman–Crippen LogP) is 10.8. The van der Waals surface area contributed by atoms with Crippen molar-refractivity contribution in [2.75, 3.05) is 0 Å². The second-order valence-corrected chi connectivity index (χ2v) is 11.7. The van der Waals surface area contributed by atoms with Crippen LogP contribution in [0, 0.1) is 0 Å². The van der Waals surface area contributed by atoms with Gasteiger partial charge in [0.05, 0.1) is 33.8 Å². The zero-order valence-corrected chi connectivity index (χ0v) is 25.5. The Morgan fingerprint density at radius 1 is 0.426 bits per heavy atom. The molecule has 0 aliphatic rings. The lowest BCUT2D eigenvalue weighted by molar-refractivity contribution is 1.17. The summed E-state index contributed by atoms with van der Waals surface area (Å²) in [5, 5.41) is 4.76. The summed E-state index contributed by atoms with van der Waals surface area (Å²) in [6, 6.07) is 55.2. The maximum absolute atomic E-state index is 5.14. The summed E-state index contributed by atoms with van der Waals surface area (Å²) in [5.74, 6) is 0. The second-order valence-electron chi connectivity index (χ2n) is 11.7. The second kappa shape index (κ2) is 11.2. The summed E-state index contributed by atoms with van der Waals surface area (Å²) in [4.78, 5) is 14.6. The quantitative estimate of drug-likeness (QED) is 0.197. The van der Waals surface area contributed by atoms with Gasteiger partial charge in [-0.15, -0.1) is 0 Å². The summed E-state index contributed by atoms with van der Waals surface area (Å²) in [7, 11) is 0. The van der Waals surface area contributed by atoms with Crippen molar-refractivity contribution in [3.63, 3.8) is 0 Å². The normalized spacial score (nSPS) is 11.4. The monoisotopic (exact) mass is 600 g/mol. The predicted molar refractivity (Wildman–Crippen MR) is 193 cm³/mol. The molecule has 0 N–H and O–H groups in total. The van der Waals surface area contributed by atoms with Crippen molar-refractivity contribution in [2.45, 2.75) is 0 Å². The number of para-hydroxylation sites is 1. The van der Waals surface area contributed by atoms with Gasteiger partial charge >= 0.3 is 0 Å². The molecule has 0 aliphatic carbocycles. The van der Waals surface area contributed by atoms with E-state index in [9.17, 15) is 0 Å². The molecule has 0 saturated heterocycles. The third kappa shape index (κ3) is 4.66. The molecule has 9 rings (SSSR count). The van der Waals surface area contributed by atoms with Crippen molar-refractivity contribution in [1.82, 2.24) is 19.5 Å². The average Bonchev–Trinajstić information content (AvgIpc) is 3.50. The van der Waals surface area contributed by atoms with Crippen LogP contribution in [0.25, 0.3) is 83.3 Å². The fourth-order valence-electron chi connectivity index (χ4n) is 6.74. The fourth-order valence-corrected chi connectivity index (χ4v) is 6.74.